The van der Waals surface area contributed by atoms with Crippen LogP contribution in [0, 0.1) is 5.82 Å². The number of nitrogens with two attached hydrogens (primary N) is 1. The van der Waals surface area contributed by atoms with Crippen LogP contribution >= 0.6 is 0 Å². The van der Waals surface area contributed by atoms with Gasteiger partial charge in [-0.15, -0.1) is 0 Å². The molecule has 0 radical (unpaired) electrons. The number of amides is 1. The molecule has 1 atom stereocenters. The fourth-order valence-electron chi connectivity index (χ4n) is 3.04. The predicted octanol–water partition coefficient (Wildman–Crippen LogP) is 3.23. The number of imidazole rings is 1. The molecular formula is C20H17FN6O. The van der Waals surface area contributed by atoms with Crippen LogP contribution in [0.15, 0.2) is 61.2 Å². The summed E-state index contributed by atoms with van der Waals surface area (Å²) >= 11 is 0. The minimum atomic E-state index is -0.540. The topological polar surface area (TPSA) is 98.7 Å². The van der Waals surface area contributed by atoms with Crippen LogP contribution in [0.1, 0.15) is 28.9 Å². The molecule has 28 heavy (non-hydrogen) atoms. The van der Waals surface area contributed by atoms with E-state index in [0.717, 1.165) is 5.56 Å². The Morgan fingerprint density at radius 3 is 2.82 bits per heavy atom. The summed E-state index contributed by atoms with van der Waals surface area (Å²) < 4.78 is 15.2. The minimum Gasteiger partial charge on any atom is -0.366 e. The van der Waals surface area contributed by atoms with E-state index < -0.39 is 5.91 Å². The van der Waals surface area contributed by atoms with Crippen LogP contribution in [0.25, 0.3) is 16.9 Å². The second-order valence-corrected chi connectivity index (χ2v) is 6.34. The van der Waals surface area contributed by atoms with Gasteiger partial charge in [0.15, 0.2) is 5.82 Å². The fourth-order valence-corrected chi connectivity index (χ4v) is 3.04. The van der Waals surface area contributed by atoms with Gasteiger partial charge in [0.1, 0.15) is 23.5 Å². The third-order valence-electron chi connectivity index (χ3n) is 4.42. The zero-order valence-corrected chi connectivity index (χ0v) is 15.0. The summed E-state index contributed by atoms with van der Waals surface area (Å²) in [6, 6.07) is 11.4. The summed E-state index contributed by atoms with van der Waals surface area (Å²) in [6.07, 6.45) is 4.75. The number of rotatable bonds is 5. The number of carbonyl (C=O) groups excluding carboxylic acids is 1. The lowest BCUT2D eigenvalue weighted by Gasteiger charge is -2.15. The molecule has 0 aliphatic carbocycles. The number of halogens is 1. The summed E-state index contributed by atoms with van der Waals surface area (Å²) in [5.74, 6) is 0.227. The number of nitrogens with zero attached hydrogens (tertiary/aromatic N) is 4. The largest absolute Gasteiger partial charge is 0.366 e. The standard InChI is InChI=1S/C20H17FN6O/c1-12(13-4-2-5-14(21)8-13)25-17-9-23-10-18(26-17)27-11-24-19-15(20(22)28)6-3-7-16(19)27/h2-12H,1H3,(H2,22,28)(H,25,26). The number of nitrogens with one attached hydrogen (secondary N) is 1. The molecule has 1 unspecified atom stereocenters. The highest BCUT2D eigenvalue weighted by molar-refractivity contribution is 6.04. The lowest BCUT2D eigenvalue weighted by atomic mass is 10.1. The zero-order chi connectivity index (χ0) is 19.7. The number of anilines is 1. The normalized spacial score (nSPS) is 12.1. The van der Waals surface area contributed by atoms with Crippen molar-refractivity contribution in [2.75, 3.05) is 5.32 Å². The van der Waals surface area contributed by atoms with Crippen molar-refractivity contribution in [2.45, 2.75) is 13.0 Å². The lowest BCUT2D eigenvalue weighted by Crippen LogP contribution is -2.11. The summed E-state index contributed by atoms with van der Waals surface area (Å²) in [7, 11) is 0. The highest BCUT2D eigenvalue weighted by Crippen LogP contribution is 2.22. The van der Waals surface area contributed by atoms with Crippen molar-refractivity contribution in [3.8, 4) is 5.82 Å². The van der Waals surface area contributed by atoms with Gasteiger partial charge in [-0.1, -0.05) is 18.2 Å². The summed E-state index contributed by atoms with van der Waals surface area (Å²) in [6.45, 7) is 1.91. The average molecular weight is 376 g/mol. The van der Waals surface area contributed by atoms with E-state index in [4.69, 9.17) is 5.73 Å². The van der Waals surface area contributed by atoms with Gasteiger partial charge in [-0.2, -0.15) is 0 Å². The predicted molar refractivity (Wildman–Crippen MR) is 104 cm³/mol. The maximum absolute atomic E-state index is 13.5. The number of carbonyl (C=O) groups is 1. The van der Waals surface area contributed by atoms with Crippen LogP contribution < -0.4 is 11.1 Å². The SMILES string of the molecule is CC(Nc1cncc(-n2cnc3c(C(N)=O)cccc32)n1)c1cccc(F)c1. The Bertz CT molecular complexity index is 1170. The molecule has 0 saturated heterocycles. The molecule has 140 valence electrons. The Labute approximate surface area is 160 Å². The molecule has 8 heteroatoms. The Hall–Kier alpha value is -3.81. The third kappa shape index (κ3) is 3.27. The number of primary amides is 1. The number of hydrogen-bond acceptors (Lipinski definition) is 5. The van der Waals surface area contributed by atoms with Gasteiger partial charge in [0, 0.05) is 0 Å². The van der Waals surface area contributed by atoms with E-state index in [9.17, 15) is 9.18 Å². The van der Waals surface area contributed by atoms with E-state index in [1.165, 1.54) is 12.1 Å². The van der Waals surface area contributed by atoms with Gasteiger partial charge < -0.3 is 11.1 Å². The van der Waals surface area contributed by atoms with Crippen LogP contribution in [0.2, 0.25) is 0 Å². The Kier molecular flexibility index (Phi) is 4.44. The molecular weight excluding hydrogens is 359 g/mol. The molecule has 4 rings (SSSR count). The first kappa shape index (κ1) is 17.6. The van der Waals surface area contributed by atoms with Crippen LogP contribution in [0.5, 0.6) is 0 Å². The van der Waals surface area contributed by atoms with Crippen molar-refractivity contribution in [1.82, 2.24) is 19.5 Å². The number of aromatic nitrogens is 4. The molecule has 7 nitrogen and oxygen atoms in total. The maximum Gasteiger partial charge on any atom is 0.250 e. The van der Waals surface area contributed by atoms with E-state index in [0.29, 0.717) is 28.2 Å². The second-order valence-electron chi connectivity index (χ2n) is 6.34. The first-order valence-corrected chi connectivity index (χ1v) is 8.63. The third-order valence-corrected chi connectivity index (χ3v) is 4.42. The molecule has 3 N–H and O–H groups in total. The van der Waals surface area contributed by atoms with Gasteiger partial charge in [0.05, 0.1) is 29.5 Å². The first-order valence-electron chi connectivity index (χ1n) is 8.63. The van der Waals surface area contributed by atoms with Crippen LogP contribution in [0.4, 0.5) is 10.2 Å². The minimum absolute atomic E-state index is 0.166. The number of fused-ring (bicyclic) bond motifs is 1. The van der Waals surface area contributed by atoms with Crippen molar-refractivity contribution in [1.29, 1.82) is 0 Å². The molecule has 0 saturated carbocycles. The van der Waals surface area contributed by atoms with E-state index >= 15 is 0 Å². The summed E-state index contributed by atoms with van der Waals surface area (Å²) in [5.41, 5.74) is 7.76. The molecule has 2 heterocycles. The van der Waals surface area contributed by atoms with Crippen LogP contribution in [0.3, 0.4) is 0 Å². The molecule has 0 aliphatic rings. The van der Waals surface area contributed by atoms with Gasteiger partial charge in [0.2, 0.25) is 0 Å². The molecule has 2 aromatic carbocycles. The van der Waals surface area contributed by atoms with Gasteiger partial charge in [-0.3, -0.25) is 14.3 Å². The quantitative estimate of drug-likeness (QED) is 0.557. The molecule has 2 aromatic heterocycles. The first-order chi connectivity index (χ1) is 13.5. The molecule has 1 amide bonds. The average Bonchev–Trinajstić information content (AvgIpc) is 3.12. The van der Waals surface area contributed by atoms with Crippen molar-refractivity contribution in [2.24, 2.45) is 5.73 Å². The summed E-state index contributed by atoms with van der Waals surface area (Å²) in [4.78, 5) is 24.7. The molecule has 4 aromatic rings. The molecule has 0 fully saturated rings. The van der Waals surface area contributed by atoms with Gasteiger partial charge in [-0.05, 0) is 36.8 Å². The van der Waals surface area contributed by atoms with E-state index in [-0.39, 0.29) is 11.9 Å². The molecule has 0 spiro atoms. The van der Waals surface area contributed by atoms with Gasteiger partial charge in [0.25, 0.3) is 5.91 Å². The highest BCUT2D eigenvalue weighted by atomic mass is 19.1. The van der Waals surface area contributed by atoms with Crippen molar-refractivity contribution in [3.63, 3.8) is 0 Å². The highest BCUT2D eigenvalue weighted by Gasteiger charge is 2.14. The van der Waals surface area contributed by atoms with Crippen molar-refractivity contribution < 1.29 is 9.18 Å². The lowest BCUT2D eigenvalue weighted by molar-refractivity contribution is 0.100. The van der Waals surface area contributed by atoms with Crippen LogP contribution in [-0.4, -0.2) is 25.4 Å². The smallest absolute Gasteiger partial charge is 0.250 e. The Balaban J connectivity index is 1.67. The molecule has 0 bridgehead atoms. The monoisotopic (exact) mass is 376 g/mol. The van der Waals surface area contributed by atoms with Crippen molar-refractivity contribution >= 4 is 22.8 Å². The summed E-state index contributed by atoms with van der Waals surface area (Å²) in [5, 5.41) is 3.22. The van der Waals surface area contributed by atoms with E-state index in [2.05, 4.69) is 20.3 Å². The zero-order valence-electron chi connectivity index (χ0n) is 15.0. The number of benzene rings is 2. The second kappa shape index (κ2) is 7.07. The van der Waals surface area contributed by atoms with E-state index in [1.807, 2.05) is 19.1 Å². The fraction of sp³-hybridized carbons (Fsp3) is 0.100. The van der Waals surface area contributed by atoms with Gasteiger partial charge >= 0.3 is 0 Å². The number of hydrogen-bond donors (Lipinski definition) is 2. The van der Waals surface area contributed by atoms with Crippen LogP contribution in [-0.2, 0) is 0 Å². The van der Waals surface area contributed by atoms with E-state index in [1.54, 1.807) is 41.5 Å². The molecule has 0 aliphatic heterocycles. The maximum atomic E-state index is 13.5. The van der Waals surface area contributed by atoms with Crippen molar-refractivity contribution in [3.05, 3.63) is 78.1 Å². The Morgan fingerprint density at radius 1 is 1.21 bits per heavy atom. The number of para-hydroxylation sites is 1. The Morgan fingerprint density at radius 2 is 2.04 bits per heavy atom. The van der Waals surface area contributed by atoms with Gasteiger partial charge in [-0.25, -0.2) is 14.4 Å².